The highest BCUT2D eigenvalue weighted by atomic mass is 35.5. The lowest BCUT2D eigenvalue weighted by molar-refractivity contribution is 0.0608. The molecule has 3 aromatic rings. The van der Waals surface area contributed by atoms with Crippen molar-refractivity contribution in [3.63, 3.8) is 0 Å². The molecule has 0 aromatic heterocycles. The maximum Gasteiger partial charge on any atom is 0.261 e. The SMILES string of the molecule is CCCCCCN1C(=O)c2cccc3c(N/N=C/c4ccc(Cl)cc4)ccc(c23)C1=O. The normalized spacial score (nSPS) is 13.4. The molecule has 0 saturated carbocycles. The third kappa shape index (κ3) is 4.32. The maximum atomic E-state index is 13.1. The average Bonchev–Trinajstić information content (AvgIpc) is 2.78. The minimum Gasteiger partial charge on any atom is -0.278 e. The highest BCUT2D eigenvalue weighted by Gasteiger charge is 2.32. The van der Waals surface area contributed by atoms with Crippen LogP contribution >= 0.6 is 11.6 Å². The summed E-state index contributed by atoms with van der Waals surface area (Å²) in [5.74, 6) is -0.442. The summed E-state index contributed by atoms with van der Waals surface area (Å²) in [6, 6.07) is 16.5. The van der Waals surface area contributed by atoms with Gasteiger partial charge in [-0.3, -0.25) is 19.9 Å². The molecule has 0 aliphatic carbocycles. The van der Waals surface area contributed by atoms with Crippen LogP contribution in [0.15, 0.2) is 59.7 Å². The van der Waals surface area contributed by atoms with E-state index in [1.54, 1.807) is 30.5 Å². The Hall–Kier alpha value is -3.18. The molecule has 5 nitrogen and oxygen atoms in total. The standard InChI is InChI=1S/C25H24ClN3O2/c1-2-3-4-5-15-29-24(30)20-8-6-7-19-22(14-13-21(23(19)20)25(29)31)28-27-16-17-9-11-18(26)12-10-17/h6-14,16,28H,2-5,15H2,1H3/b27-16+. The topological polar surface area (TPSA) is 61.8 Å². The number of amides is 2. The van der Waals surface area contributed by atoms with Gasteiger partial charge in [0.05, 0.1) is 11.9 Å². The Kier molecular flexibility index (Phi) is 6.33. The van der Waals surface area contributed by atoms with Crippen LogP contribution in [0.4, 0.5) is 5.69 Å². The van der Waals surface area contributed by atoms with Crippen molar-refractivity contribution in [3.05, 3.63) is 76.3 Å². The van der Waals surface area contributed by atoms with Crippen LogP contribution in [0, 0.1) is 0 Å². The zero-order valence-corrected chi connectivity index (χ0v) is 18.2. The molecule has 0 fully saturated rings. The first kappa shape index (κ1) is 21.1. The molecule has 1 aliphatic heterocycles. The van der Waals surface area contributed by atoms with Gasteiger partial charge in [-0.2, -0.15) is 5.10 Å². The van der Waals surface area contributed by atoms with Gasteiger partial charge in [-0.25, -0.2) is 0 Å². The molecule has 0 bridgehead atoms. The molecule has 4 rings (SSSR count). The molecule has 31 heavy (non-hydrogen) atoms. The molecule has 1 aliphatic rings. The van der Waals surface area contributed by atoms with Gasteiger partial charge in [0, 0.05) is 33.5 Å². The number of benzene rings is 3. The van der Waals surface area contributed by atoms with Crippen LogP contribution in [-0.2, 0) is 0 Å². The van der Waals surface area contributed by atoms with E-state index in [0.29, 0.717) is 28.1 Å². The monoisotopic (exact) mass is 433 g/mol. The lowest BCUT2D eigenvalue weighted by atomic mass is 9.93. The largest absolute Gasteiger partial charge is 0.278 e. The second-order valence-electron chi connectivity index (χ2n) is 7.63. The molecule has 0 atom stereocenters. The third-order valence-electron chi connectivity index (χ3n) is 5.50. The number of carbonyl (C=O) groups excluding carboxylic acids is 2. The van der Waals surface area contributed by atoms with Gasteiger partial charge < -0.3 is 0 Å². The van der Waals surface area contributed by atoms with Gasteiger partial charge in [0.15, 0.2) is 0 Å². The van der Waals surface area contributed by atoms with Crippen LogP contribution in [0.3, 0.4) is 0 Å². The quantitative estimate of drug-likeness (QED) is 0.201. The molecule has 3 aromatic carbocycles. The Morgan fingerprint density at radius 3 is 2.42 bits per heavy atom. The van der Waals surface area contributed by atoms with Gasteiger partial charge >= 0.3 is 0 Å². The van der Waals surface area contributed by atoms with Crippen LogP contribution < -0.4 is 5.43 Å². The van der Waals surface area contributed by atoms with E-state index in [4.69, 9.17) is 11.6 Å². The first-order valence-electron chi connectivity index (χ1n) is 10.6. The van der Waals surface area contributed by atoms with Crippen molar-refractivity contribution in [2.24, 2.45) is 5.10 Å². The summed E-state index contributed by atoms with van der Waals surface area (Å²) in [5, 5.41) is 6.47. The Balaban J connectivity index is 1.61. The van der Waals surface area contributed by atoms with E-state index >= 15 is 0 Å². The predicted molar refractivity (Wildman–Crippen MR) is 126 cm³/mol. The minimum absolute atomic E-state index is 0.221. The summed E-state index contributed by atoms with van der Waals surface area (Å²) in [6.07, 6.45) is 5.75. The first-order valence-corrected chi connectivity index (χ1v) is 10.9. The Labute approximate surface area is 186 Å². The molecule has 158 valence electrons. The van der Waals surface area contributed by atoms with Crippen LogP contribution in [0.25, 0.3) is 10.8 Å². The lowest BCUT2D eigenvalue weighted by Crippen LogP contribution is -2.40. The summed E-state index contributed by atoms with van der Waals surface area (Å²) < 4.78 is 0. The molecule has 2 amide bonds. The molecule has 1 N–H and O–H groups in total. The fourth-order valence-corrected chi connectivity index (χ4v) is 3.99. The van der Waals surface area contributed by atoms with E-state index in [9.17, 15) is 9.59 Å². The molecule has 0 spiro atoms. The van der Waals surface area contributed by atoms with Crippen LogP contribution in [0.5, 0.6) is 0 Å². The smallest absolute Gasteiger partial charge is 0.261 e. The molecular formula is C25H24ClN3O2. The number of imide groups is 1. The third-order valence-corrected chi connectivity index (χ3v) is 5.75. The summed E-state index contributed by atoms with van der Waals surface area (Å²) in [7, 11) is 0. The van der Waals surface area contributed by atoms with Crippen LogP contribution in [0.1, 0.15) is 58.9 Å². The maximum absolute atomic E-state index is 13.1. The highest BCUT2D eigenvalue weighted by molar-refractivity contribution is 6.30. The number of nitrogens with zero attached hydrogens (tertiary/aromatic N) is 2. The number of unbranched alkanes of at least 4 members (excludes halogenated alkanes) is 3. The Morgan fingerprint density at radius 1 is 0.935 bits per heavy atom. The number of hydrazone groups is 1. The second-order valence-corrected chi connectivity index (χ2v) is 8.07. The van der Waals surface area contributed by atoms with E-state index in [2.05, 4.69) is 17.5 Å². The Morgan fingerprint density at radius 2 is 1.68 bits per heavy atom. The number of rotatable bonds is 8. The Bertz CT molecular complexity index is 1130. The first-order chi connectivity index (χ1) is 15.1. The summed E-state index contributed by atoms with van der Waals surface area (Å²) in [4.78, 5) is 27.5. The summed E-state index contributed by atoms with van der Waals surface area (Å²) in [6.45, 7) is 2.60. The average molecular weight is 434 g/mol. The van der Waals surface area contributed by atoms with Gasteiger partial charge in [-0.1, -0.05) is 62.1 Å². The number of hydrogen-bond donors (Lipinski definition) is 1. The van der Waals surface area contributed by atoms with Crippen molar-refractivity contribution in [1.82, 2.24) is 4.90 Å². The molecule has 0 saturated heterocycles. The fraction of sp³-hybridized carbons (Fsp3) is 0.240. The number of hydrogen-bond acceptors (Lipinski definition) is 4. The fourth-order valence-electron chi connectivity index (χ4n) is 3.87. The van der Waals surface area contributed by atoms with Crippen molar-refractivity contribution in [2.45, 2.75) is 32.6 Å². The van der Waals surface area contributed by atoms with Gasteiger partial charge in [-0.15, -0.1) is 0 Å². The van der Waals surface area contributed by atoms with Crippen molar-refractivity contribution < 1.29 is 9.59 Å². The van der Waals surface area contributed by atoms with Gasteiger partial charge in [-0.05, 0) is 42.3 Å². The van der Waals surface area contributed by atoms with Crippen molar-refractivity contribution in [1.29, 1.82) is 0 Å². The highest BCUT2D eigenvalue weighted by Crippen LogP contribution is 2.34. The molecule has 6 heteroatoms. The zero-order valence-electron chi connectivity index (χ0n) is 17.4. The van der Waals surface area contributed by atoms with Gasteiger partial charge in [0.1, 0.15) is 0 Å². The zero-order chi connectivity index (χ0) is 21.8. The summed E-state index contributed by atoms with van der Waals surface area (Å²) in [5.41, 5.74) is 5.81. The molecule has 0 radical (unpaired) electrons. The number of nitrogens with one attached hydrogen (secondary N) is 1. The van der Waals surface area contributed by atoms with Crippen molar-refractivity contribution in [3.8, 4) is 0 Å². The van der Waals surface area contributed by atoms with E-state index < -0.39 is 0 Å². The molecule has 1 heterocycles. The van der Waals surface area contributed by atoms with E-state index in [-0.39, 0.29) is 11.8 Å². The van der Waals surface area contributed by atoms with Crippen LogP contribution in [0.2, 0.25) is 5.02 Å². The van der Waals surface area contributed by atoms with E-state index in [1.807, 2.05) is 30.3 Å². The number of anilines is 1. The number of carbonyl (C=O) groups is 2. The van der Waals surface area contributed by atoms with Gasteiger partial charge in [0.2, 0.25) is 0 Å². The van der Waals surface area contributed by atoms with Crippen LogP contribution in [-0.4, -0.2) is 29.5 Å². The minimum atomic E-state index is -0.221. The van der Waals surface area contributed by atoms with E-state index in [0.717, 1.165) is 42.3 Å². The van der Waals surface area contributed by atoms with Crippen molar-refractivity contribution in [2.75, 3.05) is 12.0 Å². The lowest BCUT2D eigenvalue weighted by Gasteiger charge is -2.27. The summed E-state index contributed by atoms with van der Waals surface area (Å²) >= 11 is 5.91. The van der Waals surface area contributed by atoms with Crippen molar-refractivity contribution >= 4 is 46.1 Å². The number of halogens is 1. The molecule has 0 unspecified atom stereocenters. The van der Waals surface area contributed by atoms with E-state index in [1.165, 1.54) is 4.90 Å². The predicted octanol–water partition coefficient (Wildman–Crippen LogP) is 6.12. The molecular weight excluding hydrogens is 410 g/mol. The van der Waals surface area contributed by atoms with Gasteiger partial charge in [0.25, 0.3) is 11.8 Å². The second kappa shape index (κ2) is 9.31.